The monoisotopic (exact) mass is 329 g/mol. The van der Waals surface area contributed by atoms with Crippen molar-refractivity contribution in [2.75, 3.05) is 11.5 Å². The summed E-state index contributed by atoms with van der Waals surface area (Å²) in [5, 5.41) is 20.9. The number of Topliss-reactive ketones (excluding diaryl/α,β-unsaturated/α-hetero) is 1. The average molecular weight is 329 g/mol. The summed E-state index contributed by atoms with van der Waals surface area (Å²) in [4.78, 5) is 20.3. The van der Waals surface area contributed by atoms with Gasteiger partial charge in [0, 0.05) is 11.1 Å². The van der Waals surface area contributed by atoms with Gasteiger partial charge in [0.05, 0.1) is 16.9 Å². The number of thiazole rings is 1. The topological polar surface area (TPSA) is 116 Å². The molecule has 0 bridgehead atoms. The van der Waals surface area contributed by atoms with Gasteiger partial charge in [-0.2, -0.15) is 10.5 Å². The SMILES string of the molecule is Cc1csc(C(=O)CSc2nc(N)c(C#N)c(C)c2C#N)n1. The second-order valence-electron chi connectivity index (χ2n) is 4.41. The summed E-state index contributed by atoms with van der Waals surface area (Å²) in [5.74, 6) is 0.0489. The van der Waals surface area contributed by atoms with Gasteiger partial charge < -0.3 is 5.73 Å². The summed E-state index contributed by atoms with van der Waals surface area (Å²) in [5.41, 5.74) is 7.48. The number of aromatic nitrogens is 2. The van der Waals surface area contributed by atoms with Gasteiger partial charge in [0.2, 0.25) is 5.78 Å². The number of nitrogens with zero attached hydrogens (tertiary/aromatic N) is 4. The fraction of sp³-hybridized carbons (Fsp3) is 0.214. The van der Waals surface area contributed by atoms with Gasteiger partial charge in [-0.25, -0.2) is 9.97 Å². The van der Waals surface area contributed by atoms with E-state index in [0.717, 1.165) is 17.5 Å². The molecule has 8 heteroatoms. The molecule has 0 saturated heterocycles. The van der Waals surface area contributed by atoms with Crippen LogP contribution >= 0.6 is 23.1 Å². The van der Waals surface area contributed by atoms with Gasteiger partial charge in [0.15, 0.2) is 5.01 Å². The molecule has 0 aliphatic rings. The summed E-state index contributed by atoms with van der Waals surface area (Å²) in [6.45, 7) is 3.46. The third-order valence-electron chi connectivity index (χ3n) is 2.86. The van der Waals surface area contributed by atoms with E-state index in [0.29, 0.717) is 15.6 Å². The Morgan fingerprint density at radius 2 is 2.00 bits per heavy atom. The van der Waals surface area contributed by atoms with Crippen LogP contribution in [-0.4, -0.2) is 21.5 Å². The number of pyridine rings is 1. The third-order valence-corrected chi connectivity index (χ3v) is 4.84. The first kappa shape index (κ1) is 16.0. The number of ketones is 1. The molecule has 0 aromatic carbocycles. The van der Waals surface area contributed by atoms with Crippen molar-refractivity contribution in [2.24, 2.45) is 0 Å². The Kier molecular flexibility index (Phi) is 4.76. The van der Waals surface area contributed by atoms with E-state index in [1.54, 1.807) is 12.3 Å². The van der Waals surface area contributed by atoms with E-state index in [9.17, 15) is 10.1 Å². The van der Waals surface area contributed by atoms with Crippen molar-refractivity contribution in [1.82, 2.24) is 9.97 Å². The van der Waals surface area contributed by atoms with Crippen LogP contribution in [-0.2, 0) is 0 Å². The van der Waals surface area contributed by atoms with Crippen LogP contribution in [0.25, 0.3) is 0 Å². The molecule has 0 fully saturated rings. The summed E-state index contributed by atoms with van der Waals surface area (Å²) in [7, 11) is 0. The number of hydrogen-bond acceptors (Lipinski definition) is 8. The Morgan fingerprint density at radius 1 is 1.32 bits per heavy atom. The van der Waals surface area contributed by atoms with Crippen molar-refractivity contribution in [1.29, 1.82) is 10.5 Å². The van der Waals surface area contributed by atoms with Crippen LogP contribution in [0.4, 0.5) is 5.82 Å². The highest BCUT2D eigenvalue weighted by molar-refractivity contribution is 8.00. The molecule has 0 unspecified atom stereocenters. The molecule has 0 saturated carbocycles. The summed E-state index contributed by atoms with van der Waals surface area (Å²) >= 11 is 2.41. The van der Waals surface area contributed by atoms with Crippen LogP contribution in [0.5, 0.6) is 0 Å². The molecule has 0 aliphatic heterocycles. The molecule has 0 spiro atoms. The van der Waals surface area contributed by atoms with Gasteiger partial charge >= 0.3 is 0 Å². The molecular weight excluding hydrogens is 318 g/mol. The molecule has 0 atom stereocenters. The normalized spacial score (nSPS) is 10.0. The Bertz CT molecular complexity index is 829. The second-order valence-corrected chi connectivity index (χ2v) is 6.23. The predicted molar refractivity (Wildman–Crippen MR) is 84.7 cm³/mol. The molecule has 0 amide bonds. The number of rotatable bonds is 4. The molecule has 0 aliphatic carbocycles. The summed E-state index contributed by atoms with van der Waals surface area (Å²) in [6, 6.07) is 3.95. The Morgan fingerprint density at radius 3 is 2.55 bits per heavy atom. The third kappa shape index (κ3) is 3.08. The summed E-state index contributed by atoms with van der Waals surface area (Å²) < 4.78 is 0. The van der Waals surface area contributed by atoms with E-state index < -0.39 is 0 Å². The largest absolute Gasteiger partial charge is 0.383 e. The molecule has 2 aromatic heterocycles. The highest BCUT2D eigenvalue weighted by Crippen LogP contribution is 2.28. The lowest BCUT2D eigenvalue weighted by Crippen LogP contribution is -2.06. The lowest BCUT2D eigenvalue weighted by Gasteiger charge is -2.08. The Hall–Kier alpha value is -2.42. The van der Waals surface area contributed by atoms with Crippen LogP contribution < -0.4 is 5.73 Å². The quantitative estimate of drug-likeness (QED) is 0.676. The lowest BCUT2D eigenvalue weighted by atomic mass is 10.1. The van der Waals surface area contributed by atoms with Gasteiger partial charge in [-0.3, -0.25) is 4.79 Å². The van der Waals surface area contributed by atoms with E-state index in [1.165, 1.54) is 11.3 Å². The summed E-state index contributed by atoms with van der Waals surface area (Å²) in [6.07, 6.45) is 0. The minimum Gasteiger partial charge on any atom is -0.383 e. The average Bonchev–Trinajstić information content (AvgIpc) is 2.91. The van der Waals surface area contributed by atoms with Crippen LogP contribution in [0.15, 0.2) is 10.4 Å². The minimum atomic E-state index is -0.130. The zero-order chi connectivity index (χ0) is 16.3. The smallest absolute Gasteiger partial charge is 0.201 e. The zero-order valence-electron chi connectivity index (χ0n) is 11.9. The van der Waals surface area contributed by atoms with Gasteiger partial charge in [-0.05, 0) is 19.4 Å². The van der Waals surface area contributed by atoms with Crippen LogP contribution in [0.3, 0.4) is 0 Å². The predicted octanol–water partition coefficient (Wildman–Crippen LogP) is 2.46. The van der Waals surface area contributed by atoms with Crippen molar-refractivity contribution in [2.45, 2.75) is 18.9 Å². The van der Waals surface area contributed by atoms with Crippen LogP contribution in [0.2, 0.25) is 0 Å². The van der Waals surface area contributed by atoms with Crippen LogP contribution in [0, 0.1) is 36.5 Å². The minimum absolute atomic E-state index is 0.0686. The van der Waals surface area contributed by atoms with Crippen molar-refractivity contribution in [3.05, 3.63) is 32.8 Å². The number of nitrogens with two attached hydrogens (primary N) is 1. The van der Waals surface area contributed by atoms with Gasteiger partial charge in [-0.15, -0.1) is 11.3 Å². The van der Waals surface area contributed by atoms with Crippen molar-refractivity contribution >= 4 is 34.7 Å². The number of aryl methyl sites for hydroxylation is 1. The lowest BCUT2D eigenvalue weighted by molar-refractivity contribution is 0.102. The molecule has 110 valence electrons. The zero-order valence-corrected chi connectivity index (χ0v) is 13.5. The highest BCUT2D eigenvalue weighted by atomic mass is 32.2. The number of carbonyl (C=O) groups excluding carboxylic acids is 1. The molecule has 2 heterocycles. The number of hydrogen-bond donors (Lipinski definition) is 1. The molecule has 2 rings (SSSR count). The van der Waals surface area contributed by atoms with Gasteiger partial charge in [0.1, 0.15) is 23.0 Å². The molecule has 0 radical (unpaired) electrons. The van der Waals surface area contributed by atoms with Crippen LogP contribution in [0.1, 0.15) is 32.2 Å². The van der Waals surface area contributed by atoms with E-state index in [1.807, 2.05) is 19.1 Å². The number of thioether (sulfide) groups is 1. The van der Waals surface area contributed by atoms with E-state index in [-0.39, 0.29) is 28.5 Å². The van der Waals surface area contributed by atoms with Gasteiger partial charge in [-0.1, -0.05) is 11.8 Å². The molecular formula is C14H11N5OS2. The first-order valence-electron chi connectivity index (χ1n) is 6.16. The van der Waals surface area contributed by atoms with Crippen molar-refractivity contribution < 1.29 is 4.79 Å². The maximum absolute atomic E-state index is 12.1. The maximum atomic E-state index is 12.1. The molecule has 22 heavy (non-hydrogen) atoms. The standard InChI is InChI=1S/C14H11N5OS2/c1-7-5-21-14(18-7)11(20)6-22-13-10(4-16)8(2)9(3-15)12(17)19-13/h5H,6H2,1-2H3,(H2,17,19). The first-order chi connectivity index (χ1) is 10.5. The van der Waals surface area contributed by atoms with E-state index in [4.69, 9.17) is 11.0 Å². The Labute approximate surface area is 135 Å². The number of nitriles is 2. The second kappa shape index (κ2) is 6.56. The Balaban J connectivity index is 2.26. The van der Waals surface area contributed by atoms with E-state index in [2.05, 4.69) is 9.97 Å². The fourth-order valence-electron chi connectivity index (χ4n) is 1.75. The highest BCUT2D eigenvalue weighted by Gasteiger charge is 2.18. The molecule has 2 aromatic rings. The molecule has 2 N–H and O–H groups in total. The number of carbonyl (C=O) groups is 1. The molecule has 6 nitrogen and oxygen atoms in total. The van der Waals surface area contributed by atoms with Crippen molar-refractivity contribution in [3.63, 3.8) is 0 Å². The maximum Gasteiger partial charge on any atom is 0.201 e. The van der Waals surface area contributed by atoms with Gasteiger partial charge in [0.25, 0.3) is 0 Å². The van der Waals surface area contributed by atoms with E-state index >= 15 is 0 Å². The first-order valence-corrected chi connectivity index (χ1v) is 8.02. The number of nitrogen functional groups attached to an aromatic ring is 1. The fourth-order valence-corrected chi connectivity index (χ4v) is 3.49. The van der Waals surface area contributed by atoms with Crippen molar-refractivity contribution in [3.8, 4) is 12.1 Å². The number of anilines is 1.